The fraction of sp³-hybridized carbons (Fsp3) is 0.278. The van der Waals surface area contributed by atoms with E-state index in [9.17, 15) is 4.79 Å². The Morgan fingerprint density at radius 1 is 1.14 bits per heavy atom. The third kappa shape index (κ3) is 2.64. The first-order valence-electron chi connectivity index (χ1n) is 7.42. The summed E-state index contributed by atoms with van der Waals surface area (Å²) in [5, 5.41) is 0. The van der Waals surface area contributed by atoms with Gasteiger partial charge in [-0.3, -0.25) is 4.79 Å². The minimum absolute atomic E-state index is 0.0402. The summed E-state index contributed by atoms with van der Waals surface area (Å²) in [5.74, 6) is 0.661. The molecule has 114 valence electrons. The lowest BCUT2D eigenvalue weighted by Gasteiger charge is -2.39. The van der Waals surface area contributed by atoms with E-state index < -0.39 is 5.60 Å². The van der Waals surface area contributed by atoms with Crippen molar-refractivity contribution < 1.29 is 9.53 Å². The van der Waals surface area contributed by atoms with Crippen molar-refractivity contribution in [2.24, 2.45) is 0 Å². The van der Waals surface area contributed by atoms with Gasteiger partial charge in [-0.25, -0.2) is 0 Å². The van der Waals surface area contributed by atoms with Crippen molar-refractivity contribution >= 4 is 17.3 Å². The molecule has 0 saturated carbocycles. The molecule has 0 bridgehead atoms. The molecule has 4 heteroatoms. The molecule has 1 heterocycles. The lowest BCUT2D eigenvalue weighted by atomic mass is 10.0. The van der Waals surface area contributed by atoms with Crippen LogP contribution in [-0.4, -0.2) is 18.1 Å². The smallest absolute Gasteiger partial charge is 0.270 e. The maximum atomic E-state index is 12.7. The van der Waals surface area contributed by atoms with Gasteiger partial charge in [-0.05, 0) is 44.0 Å². The SMILES string of the molecule is CC1(C)Oc2ccc(N)cc2N(CCc2ccccc2)C1=O. The minimum atomic E-state index is -0.861. The Balaban J connectivity index is 1.91. The van der Waals surface area contributed by atoms with Crippen molar-refractivity contribution in [1.82, 2.24) is 0 Å². The van der Waals surface area contributed by atoms with Crippen LogP contribution >= 0.6 is 0 Å². The molecule has 1 amide bonds. The number of nitrogen functional groups attached to an aromatic ring is 1. The molecule has 0 aliphatic carbocycles. The Bertz CT molecular complexity index is 695. The first-order chi connectivity index (χ1) is 10.5. The summed E-state index contributed by atoms with van der Waals surface area (Å²) in [7, 11) is 0. The van der Waals surface area contributed by atoms with Crippen LogP contribution in [0.25, 0.3) is 0 Å². The van der Waals surface area contributed by atoms with Gasteiger partial charge < -0.3 is 15.4 Å². The summed E-state index contributed by atoms with van der Waals surface area (Å²) in [6, 6.07) is 15.6. The number of hydrogen-bond acceptors (Lipinski definition) is 3. The molecule has 0 fully saturated rings. The van der Waals surface area contributed by atoms with E-state index >= 15 is 0 Å². The summed E-state index contributed by atoms with van der Waals surface area (Å²) < 4.78 is 5.82. The number of carbonyl (C=O) groups is 1. The second-order valence-corrected chi connectivity index (χ2v) is 6.03. The zero-order valence-electron chi connectivity index (χ0n) is 12.9. The fourth-order valence-corrected chi connectivity index (χ4v) is 2.69. The molecule has 0 saturated heterocycles. The summed E-state index contributed by atoms with van der Waals surface area (Å²) >= 11 is 0. The van der Waals surface area contributed by atoms with E-state index in [1.807, 2.05) is 24.3 Å². The zero-order valence-corrected chi connectivity index (χ0v) is 12.9. The predicted molar refractivity (Wildman–Crippen MR) is 88.1 cm³/mol. The maximum Gasteiger partial charge on any atom is 0.270 e. The molecule has 1 aliphatic rings. The first kappa shape index (κ1) is 14.4. The third-order valence-electron chi connectivity index (χ3n) is 3.87. The van der Waals surface area contributed by atoms with E-state index in [4.69, 9.17) is 10.5 Å². The van der Waals surface area contributed by atoms with Crippen LogP contribution in [-0.2, 0) is 11.2 Å². The summed E-state index contributed by atoms with van der Waals surface area (Å²) in [5.41, 5.74) is 7.58. The molecule has 2 N–H and O–H groups in total. The van der Waals surface area contributed by atoms with Gasteiger partial charge >= 0.3 is 0 Å². The van der Waals surface area contributed by atoms with Gasteiger partial charge in [0.1, 0.15) is 5.75 Å². The molecular formula is C18H20N2O2. The van der Waals surface area contributed by atoms with E-state index in [0.717, 1.165) is 12.1 Å². The van der Waals surface area contributed by atoms with Crippen LogP contribution in [0.5, 0.6) is 5.75 Å². The Kier molecular flexibility index (Phi) is 3.53. The summed E-state index contributed by atoms with van der Waals surface area (Å²) in [4.78, 5) is 14.5. The quantitative estimate of drug-likeness (QED) is 0.886. The van der Waals surface area contributed by atoms with Crippen LogP contribution in [0.15, 0.2) is 48.5 Å². The average molecular weight is 296 g/mol. The number of fused-ring (bicyclic) bond motifs is 1. The Morgan fingerprint density at radius 2 is 1.86 bits per heavy atom. The Morgan fingerprint density at radius 3 is 2.59 bits per heavy atom. The highest BCUT2D eigenvalue weighted by atomic mass is 16.5. The standard InChI is InChI=1S/C18H20N2O2/c1-18(2)17(21)20(11-10-13-6-4-3-5-7-13)15-12-14(19)8-9-16(15)22-18/h3-9,12H,10-11,19H2,1-2H3. The molecule has 0 aromatic heterocycles. The number of benzene rings is 2. The monoisotopic (exact) mass is 296 g/mol. The summed E-state index contributed by atoms with van der Waals surface area (Å²) in [6.07, 6.45) is 0.789. The molecule has 0 radical (unpaired) electrons. The van der Waals surface area contributed by atoms with Gasteiger partial charge in [-0.1, -0.05) is 30.3 Å². The molecule has 1 aliphatic heterocycles. The highest BCUT2D eigenvalue weighted by Crippen LogP contribution is 2.38. The molecule has 4 nitrogen and oxygen atoms in total. The Labute approximate surface area is 130 Å². The molecule has 0 atom stereocenters. The lowest BCUT2D eigenvalue weighted by molar-refractivity contribution is -0.132. The second-order valence-electron chi connectivity index (χ2n) is 6.03. The van der Waals surface area contributed by atoms with Crippen molar-refractivity contribution in [2.75, 3.05) is 17.2 Å². The van der Waals surface area contributed by atoms with Gasteiger partial charge in [0, 0.05) is 12.2 Å². The normalized spacial score (nSPS) is 16.1. The molecule has 0 unspecified atom stereocenters. The van der Waals surface area contributed by atoms with Crippen molar-refractivity contribution in [3.8, 4) is 5.75 Å². The van der Waals surface area contributed by atoms with E-state index in [-0.39, 0.29) is 5.91 Å². The van der Waals surface area contributed by atoms with Crippen molar-refractivity contribution in [3.63, 3.8) is 0 Å². The molecular weight excluding hydrogens is 276 g/mol. The number of nitrogens with two attached hydrogens (primary N) is 1. The molecule has 3 rings (SSSR count). The van der Waals surface area contributed by atoms with Gasteiger partial charge in [0.15, 0.2) is 5.60 Å². The highest BCUT2D eigenvalue weighted by Gasteiger charge is 2.40. The van der Waals surface area contributed by atoms with Crippen molar-refractivity contribution in [2.45, 2.75) is 25.9 Å². The van der Waals surface area contributed by atoms with E-state index in [0.29, 0.717) is 18.0 Å². The van der Waals surface area contributed by atoms with Gasteiger partial charge in [-0.15, -0.1) is 0 Å². The third-order valence-corrected chi connectivity index (χ3v) is 3.87. The number of hydrogen-bond donors (Lipinski definition) is 1. The number of carbonyl (C=O) groups excluding carboxylic acids is 1. The molecule has 2 aromatic carbocycles. The van der Waals surface area contributed by atoms with Crippen LogP contribution in [0.4, 0.5) is 11.4 Å². The van der Waals surface area contributed by atoms with Crippen molar-refractivity contribution in [3.05, 3.63) is 54.1 Å². The number of rotatable bonds is 3. The van der Waals surface area contributed by atoms with Crippen LogP contribution in [0.2, 0.25) is 0 Å². The van der Waals surface area contributed by atoms with E-state index in [1.54, 1.807) is 30.9 Å². The number of ether oxygens (including phenoxy) is 1. The van der Waals surface area contributed by atoms with Gasteiger partial charge in [0.25, 0.3) is 5.91 Å². The maximum absolute atomic E-state index is 12.7. The van der Waals surface area contributed by atoms with Crippen LogP contribution in [0, 0.1) is 0 Å². The largest absolute Gasteiger partial charge is 0.476 e. The topological polar surface area (TPSA) is 55.6 Å². The molecule has 0 spiro atoms. The van der Waals surface area contributed by atoms with E-state index in [1.165, 1.54) is 5.56 Å². The van der Waals surface area contributed by atoms with Gasteiger partial charge in [-0.2, -0.15) is 0 Å². The summed E-state index contributed by atoms with van der Waals surface area (Å²) in [6.45, 7) is 4.19. The predicted octanol–water partition coefficient (Wildman–Crippen LogP) is 3.02. The lowest BCUT2D eigenvalue weighted by Crippen LogP contribution is -2.53. The highest BCUT2D eigenvalue weighted by molar-refractivity contribution is 6.02. The minimum Gasteiger partial charge on any atom is -0.476 e. The molecule has 22 heavy (non-hydrogen) atoms. The van der Waals surface area contributed by atoms with Crippen LogP contribution < -0.4 is 15.4 Å². The number of amides is 1. The Hall–Kier alpha value is -2.49. The number of nitrogens with zero attached hydrogens (tertiary/aromatic N) is 1. The van der Waals surface area contributed by atoms with Gasteiger partial charge in [0.2, 0.25) is 0 Å². The van der Waals surface area contributed by atoms with Crippen LogP contribution in [0.1, 0.15) is 19.4 Å². The fourth-order valence-electron chi connectivity index (χ4n) is 2.69. The zero-order chi connectivity index (χ0) is 15.7. The molecule has 2 aromatic rings. The second kappa shape index (κ2) is 5.37. The number of anilines is 2. The van der Waals surface area contributed by atoms with Crippen LogP contribution in [0.3, 0.4) is 0 Å². The average Bonchev–Trinajstić information content (AvgIpc) is 2.49. The van der Waals surface area contributed by atoms with Crippen molar-refractivity contribution in [1.29, 1.82) is 0 Å². The first-order valence-corrected chi connectivity index (χ1v) is 7.42. The van der Waals surface area contributed by atoms with E-state index in [2.05, 4.69) is 12.1 Å². The van der Waals surface area contributed by atoms with Gasteiger partial charge in [0.05, 0.1) is 5.69 Å².